The number of aromatic nitrogens is 2. The van der Waals surface area contributed by atoms with Gasteiger partial charge in [-0.1, -0.05) is 91.0 Å². The molecule has 11 rings (SSSR count). The minimum atomic E-state index is 0.603. The van der Waals surface area contributed by atoms with Crippen LogP contribution in [0.5, 0.6) is 0 Å². The molecule has 0 radical (unpaired) electrons. The van der Waals surface area contributed by atoms with Crippen LogP contribution in [0.3, 0.4) is 0 Å². The Morgan fingerprint density at radius 2 is 1.15 bits per heavy atom. The smallest absolute Gasteiger partial charge is 0.227 e. The van der Waals surface area contributed by atoms with E-state index in [-0.39, 0.29) is 0 Å². The van der Waals surface area contributed by atoms with E-state index in [2.05, 4.69) is 137 Å². The molecule has 5 heteroatoms. The van der Waals surface area contributed by atoms with Gasteiger partial charge in [0.2, 0.25) is 5.89 Å². The van der Waals surface area contributed by atoms with Crippen LogP contribution in [0.4, 0.5) is 17.1 Å². The number of anilines is 3. The molecule has 0 amide bonds. The van der Waals surface area contributed by atoms with Crippen molar-refractivity contribution in [2.75, 3.05) is 4.90 Å². The van der Waals surface area contributed by atoms with Gasteiger partial charge in [-0.25, -0.2) is 4.98 Å². The molecular formula is C47H29N3O2. The lowest BCUT2D eigenvalue weighted by molar-refractivity contribution is 0.623. The summed E-state index contributed by atoms with van der Waals surface area (Å²) in [7, 11) is 0. The van der Waals surface area contributed by atoms with Gasteiger partial charge in [-0.05, 0) is 90.3 Å². The van der Waals surface area contributed by atoms with Crippen molar-refractivity contribution in [1.29, 1.82) is 0 Å². The number of oxazole rings is 1. The lowest BCUT2D eigenvalue weighted by Crippen LogP contribution is -2.10. The molecule has 0 spiro atoms. The molecule has 3 aromatic heterocycles. The second-order valence-electron chi connectivity index (χ2n) is 13.2. The fraction of sp³-hybridized carbons (Fsp3) is 0. The maximum absolute atomic E-state index is 6.64. The zero-order valence-corrected chi connectivity index (χ0v) is 27.9. The predicted octanol–water partition coefficient (Wildman–Crippen LogP) is 13.1. The fourth-order valence-corrected chi connectivity index (χ4v) is 7.86. The molecular weight excluding hydrogens is 639 g/mol. The van der Waals surface area contributed by atoms with Gasteiger partial charge in [0.15, 0.2) is 5.58 Å². The van der Waals surface area contributed by atoms with E-state index in [9.17, 15) is 0 Å². The topological polar surface area (TPSA) is 47.3 Å². The summed E-state index contributed by atoms with van der Waals surface area (Å²) in [6.45, 7) is 0. The number of benzene rings is 8. The highest BCUT2D eigenvalue weighted by atomic mass is 16.3. The van der Waals surface area contributed by atoms with Gasteiger partial charge in [0, 0.05) is 44.2 Å². The van der Waals surface area contributed by atoms with Crippen molar-refractivity contribution in [3.8, 4) is 17.1 Å². The molecule has 0 aliphatic rings. The van der Waals surface area contributed by atoms with E-state index < -0.39 is 0 Å². The average Bonchev–Trinajstić information content (AvgIpc) is 3.91. The van der Waals surface area contributed by atoms with Gasteiger partial charge in [0.1, 0.15) is 16.7 Å². The van der Waals surface area contributed by atoms with Crippen molar-refractivity contribution in [1.82, 2.24) is 9.55 Å². The molecule has 5 nitrogen and oxygen atoms in total. The van der Waals surface area contributed by atoms with Crippen LogP contribution in [0, 0.1) is 0 Å². The van der Waals surface area contributed by atoms with Crippen LogP contribution in [-0.4, -0.2) is 9.55 Å². The fourth-order valence-electron chi connectivity index (χ4n) is 7.86. The maximum atomic E-state index is 6.64. The summed E-state index contributed by atoms with van der Waals surface area (Å²) in [6.07, 6.45) is 0. The minimum Gasteiger partial charge on any atom is -0.456 e. The minimum absolute atomic E-state index is 0.603. The number of nitrogens with zero attached hydrogens (tertiary/aromatic N) is 3. The standard InChI is InChI=1S/C47H29N3O2/c1-2-11-31(12-3-1)47-48-39-27-21-30-13-10-19-42(45(30)46(39)52-47)49(34-26-28-44-38(29-34)37-16-6-9-20-43(37)51-44)32-22-24-33(25-23-32)50-40-17-7-4-14-35(40)36-15-5-8-18-41(36)50/h1-29H. The molecule has 244 valence electrons. The summed E-state index contributed by atoms with van der Waals surface area (Å²) >= 11 is 0. The van der Waals surface area contributed by atoms with E-state index in [1.54, 1.807) is 0 Å². The van der Waals surface area contributed by atoms with E-state index in [1.807, 2.05) is 48.5 Å². The van der Waals surface area contributed by atoms with Crippen LogP contribution in [0.25, 0.3) is 82.8 Å². The second-order valence-corrected chi connectivity index (χ2v) is 13.2. The Balaban J connectivity index is 1.15. The molecule has 0 aliphatic heterocycles. The molecule has 3 heterocycles. The van der Waals surface area contributed by atoms with Gasteiger partial charge in [-0.2, -0.15) is 0 Å². The molecule has 0 fully saturated rings. The van der Waals surface area contributed by atoms with E-state index in [0.717, 1.165) is 72.1 Å². The van der Waals surface area contributed by atoms with Crippen molar-refractivity contribution < 1.29 is 8.83 Å². The third-order valence-corrected chi connectivity index (χ3v) is 10.2. The first kappa shape index (κ1) is 28.7. The van der Waals surface area contributed by atoms with Gasteiger partial charge in [0.25, 0.3) is 0 Å². The highest BCUT2D eigenvalue weighted by Crippen LogP contribution is 2.44. The Labute approximate surface area is 298 Å². The van der Waals surface area contributed by atoms with Gasteiger partial charge < -0.3 is 18.3 Å². The highest BCUT2D eigenvalue weighted by Gasteiger charge is 2.22. The van der Waals surface area contributed by atoms with Gasteiger partial charge in [-0.3, -0.25) is 0 Å². The van der Waals surface area contributed by atoms with Gasteiger partial charge in [0.05, 0.1) is 22.1 Å². The molecule has 8 aromatic carbocycles. The predicted molar refractivity (Wildman–Crippen MR) is 213 cm³/mol. The summed E-state index contributed by atoms with van der Waals surface area (Å²) in [6, 6.07) is 61.5. The van der Waals surface area contributed by atoms with Crippen LogP contribution in [0.1, 0.15) is 0 Å². The van der Waals surface area contributed by atoms with Crippen LogP contribution < -0.4 is 4.90 Å². The summed E-state index contributed by atoms with van der Waals surface area (Å²) in [5.74, 6) is 0.603. The number of furan rings is 1. The summed E-state index contributed by atoms with van der Waals surface area (Å²) in [4.78, 5) is 7.26. The third-order valence-electron chi connectivity index (χ3n) is 10.2. The number of fused-ring (bicyclic) bond motifs is 9. The van der Waals surface area contributed by atoms with E-state index >= 15 is 0 Å². The first-order valence-electron chi connectivity index (χ1n) is 17.5. The maximum Gasteiger partial charge on any atom is 0.227 e. The Hall–Kier alpha value is -7.11. The van der Waals surface area contributed by atoms with Crippen molar-refractivity contribution in [3.05, 3.63) is 176 Å². The third kappa shape index (κ3) is 4.33. The number of para-hydroxylation sites is 3. The Morgan fingerprint density at radius 3 is 1.94 bits per heavy atom. The van der Waals surface area contributed by atoms with Crippen LogP contribution in [0.2, 0.25) is 0 Å². The molecule has 0 aliphatic carbocycles. The lowest BCUT2D eigenvalue weighted by atomic mass is 10.0. The molecule has 0 saturated carbocycles. The molecule has 52 heavy (non-hydrogen) atoms. The van der Waals surface area contributed by atoms with Crippen molar-refractivity contribution in [2.24, 2.45) is 0 Å². The second kappa shape index (κ2) is 11.2. The SMILES string of the molecule is c1ccc(-c2nc3ccc4cccc(N(c5ccc(-n6c7ccccc7c7ccccc76)cc5)c5ccc6oc7ccccc7c6c5)c4c3o2)cc1. The molecule has 0 bridgehead atoms. The Kier molecular flexibility index (Phi) is 6.18. The van der Waals surface area contributed by atoms with Crippen LogP contribution >= 0.6 is 0 Å². The number of hydrogen-bond donors (Lipinski definition) is 0. The Morgan fingerprint density at radius 1 is 0.481 bits per heavy atom. The molecule has 0 saturated heterocycles. The summed E-state index contributed by atoms with van der Waals surface area (Å²) in [5, 5.41) is 6.71. The van der Waals surface area contributed by atoms with Crippen molar-refractivity contribution in [3.63, 3.8) is 0 Å². The number of rotatable bonds is 5. The molecule has 11 aromatic rings. The Bertz CT molecular complexity index is 3080. The first-order valence-corrected chi connectivity index (χ1v) is 17.5. The number of hydrogen-bond acceptors (Lipinski definition) is 4. The van der Waals surface area contributed by atoms with Crippen molar-refractivity contribution >= 4 is 82.7 Å². The highest BCUT2D eigenvalue weighted by molar-refractivity contribution is 6.14. The quantitative estimate of drug-likeness (QED) is 0.183. The molecule has 0 atom stereocenters. The van der Waals surface area contributed by atoms with Gasteiger partial charge in [-0.15, -0.1) is 0 Å². The van der Waals surface area contributed by atoms with Crippen molar-refractivity contribution in [2.45, 2.75) is 0 Å². The van der Waals surface area contributed by atoms with E-state index in [0.29, 0.717) is 5.89 Å². The average molecular weight is 668 g/mol. The first-order chi connectivity index (χ1) is 25.8. The monoisotopic (exact) mass is 667 g/mol. The summed E-state index contributed by atoms with van der Waals surface area (Å²) in [5.41, 5.74) is 10.7. The van der Waals surface area contributed by atoms with E-state index in [4.69, 9.17) is 13.8 Å². The molecule has 0 N–H and O–H groups in total. The normalized spacial score (nSPS) is 11.8. The zero-order chi connectivity index (χ0) is 34.2. The molecule has 0 unspecified atom stereocenters. The largest absolute Gasteiger partial charge is 0.456 e. The summed E-state index contributed by atoms with van der Waals surface area (Å²) < 4.78 is 15.2. The van der Waals surface area contributed by atoms with Crippen LogP contribution in [-0.2, 0) is 0 Å². The van der Waals surface area contributed by atoms with E-state index in [1.165, 1.54) is 21.8 Å². The lowest BCUT2D eigenvalue weighted by Gasteiger charge is -2.27. The zero-order valence-electron chi connectivity index (χ0n) is 27.9. The van der Waals surface area contributed by atoms with Gasteiger partial charge >= 0.3 is 0 Å². The van der Waals surface area contributed by atoms with Crippen LogP contribution in [0.15, 0.2) is 185 Å².